The predicted octanol–water partition coefficient (Wildman–Crippen LogP) is 3.82. The summed E-state index contributed by atoms with van der Waals surface area (Å²) >= 11 is 0. The number of hydrogen-bond acceptors (Lipinski definition) is 3. The zero-order chi connectivity index (χ0) is 14.5. The maximum Gasteiger partial charge on any atom is 0.132 e. The van der Waals surface area contributed by atoms with Gasteiger partial charge in [-0.15, -0.1) is 0 Å². The van der Waals surface area contributed by atoms with E-state index in [0.29, 0.717) is 17.1 Å². The van der Waals surface area contributed by atoms with Gasteiger partial charge in [0.25, 0.3) is 0 Å². The molecule has 3 nitrogen and oxygen atoms in total. The standard InChI is InChI=1S/C16H20FNO2/c1-4-10-18-16(14-9-8-11(2)20-14)15-12(17)6-5-7-13(15)19-3/h5-9,16,18H,4,10H2,1-3H3. The number of hydrogen-bond donors (Lipinski definition) is 1. The van der Waals surface area contributed by atoms with E-state index in [0.717, 1.165) is 18.7 Å². The molecule has 0 saturated heterocycles. The number of methoxy groups -OCH3 is 1. The molecule has 1 aromatic carbocycles. The molecule has 0 aliphatic heterocycles. The lowest BCUT2D eigenvalue weighted by Crippen LogP contribution is -2.24. The molecular weight excluding hydrogens is 257 g/mol. The van der Waals surface area contributed by atoms with Crippen molar-refractivity contribution in [1.29, 1.82) is 0 Å². The third kappa shape index (κ3) is 3.02. The van der Waals surface area contributed by atoms with Crippen LogP contribution in [0.3, 0.4) is 0 Å². The molecule has 4 heteroatoms. The van der Waals surface area contributed by atoms with Crippen LogP contribution in [0.1, 0.15) is 36.5 Å². The fraction of sp³-hybridized carbons (Fsp3) is 0.375. The second-order valence-corrected chi connectivity index (χ2v) is 4.69. The van der Waals surface area contributed by atoms with Gasteiger partial charge in [0.2, 0.25) is 0 Å². The molecule has 20 heavy (non-hydrogen) atoms. The van der Waals surface area contributed by atoms with Crippen LogP contribution < -0.4 is 10.1 Å². The second-order valence-electron chi connectivity index (χ2n) is 4.69. The third-order valence-electron chi connectivity index (χ3n) is 3.17. The number of furan rings is 1. The lowest BCUT2D eigenvalue weighted by Gasteiger charge is -2.20. The Bertz CT molecular complexity index is 565. The van der Waals surface area contributed by atoms with E-state index < -0.39 is 0 Å². The van der Waals surface area contributed by atoms with Gasteiger partial charge in [0.05, 0.1) is 18.7 Å². The molecule has 0 aliphatic carbocycles. The van der Waals surface area contributed by atoms with Crippen molar-refractivity contribution in [2.75, 3.05) is 13.7 Å². The van der Waals surface area contributed by atoms with Crippen molar-refractivity contribution in [3.8, 4) is 5.75 Å². The van der Waals surface area contributed by atoms with Gasteiger partial charge < -0.3 is 14.5 Å². The zero-order valence-electron chi connectivity index (χ0n) is 12.1. The summed E-state index contributed by atoms with van der Waals surface area (Å²) in [5.41, 5.74) is 0.484. The highest BCUT2D eigenvalue weighted by molar-refractivity contribution is 5.40. The number of rotatable bonds is 6. The number of benzene rings is 1. The summed E-state index contributed by atoms with van der Waals surface area (Å²) in [6, 6.07) is 8.24. The summed E-state index contributed by atoms with van der Waals surface area (Å²) in [6.07, 6.45) is 0.951. The van der Waals surface area contributed by atoms with Crippen LogP contribution in [-0.4, -0.2) is 13.7 Å². The fourth-order valence-electron chi connectivity index (χ4n) is 2.22. The molecule has 0 aliphatic rings. The molecular formula is C16H20FNO2. The minimum atomic E-state index is -0.347. The third-order valence-corrected chi connectivity index (χ3v) is 3.17. The highest BCUT2D eigenvalue weighted by Gasteiger charge is 2.24. The van der Waals surface area contributed by atoms with E-state index in [2.05, 4.69) is 12.2 Å². The van der Waals surface area contributed by atoms with Crippen molar-refractivity contribution in [2.45, 2.75) is 26.3 Å². The SMILES string of the molecule is CCCNC(c1ccc(C)o1)c1c(F)cccc1OC. The first-order chi connectivity index (χ1) is 9.67. The summed E-state index contributed by atoms with van der Waals surface area (Å²) in [7, 11) is 1.54. The largest absolute Gasteiger partial charge is 0.496 e. The zero-order valence-corrected chi connectivity index (χ0v) is 12.1. The quantitative estimate of drug-likeness (QED) is 0.871. The minimum absolute atomic E-state index is 0.299. The van der Waals surface area contributed by atoms with Crippen LogP contribution in [0.25, 0.3) is 0 Å². The first-order valence-corrected chi connectivity index (χ1v) is 6.79. The average molecular weight is 277 g/mol. The topological polar surface area (TPSA) is 34.4 Å². The molecule has 0 radical (unpaired) electrons. The molecule has 2 aromatic rings. The van der Waals surface area contributed by atoms with E-state index in [-0.39, 0.29) is 11.9 Å². The number of ether oxygens (including phenoxy) is 1. The maximum absolute atomic E-state index is 14.2. The van der Waals surface area contributed by atoms with Gasteiger partial charge in [-0.1, -0.05) is 13.0 Å². The summed E-state index contributed by atoms with van der Waals surface area (Å²) in [5, 5.41) is 3.32. The van der Waals surface area contributed by atoms with Crippen molar-refractivity contribution >= 4 is 0 Å². The normalized spacial score (nSPS) is 12.4. The lowest BCUT2D eigenvalue weighted by atomic mass is 10.0. The Morgan fingerprint density at radius 2 is 2.10 bits per heavy atom. The average Bonchev–Trinajstić information content (AvgIpc) is 2.87. The van der Waals surface area contributed by atoms with Crippen LogP contribution in [0.5, 0.6) is 5.75 Å². The number of halogens is 1. The van der Waals surface area contributed by atoms with Gasteiger partial charge in [0.1, 0.15) is 23.1 Å². The van der Waals surface area contributed by atoms with Crippen molar-refractivity contribution < 1.29 is 13.5 Å². The van der Waals surface area contributed by atoms with Crippen LogP contribution in [0.4, 0.5) is 4.39 Å². The van der Waals surface area contributed by atoms with Crippen LogP contribution in [-0.2, 0) is 0 Å². The van der Waals surface area contributed by atoms with E-state index in [4.69, 9.17) is 9.15 Å². The first-order valence-electron chi connectivity index (χ1n) is 6.79. The van der Waals surface area contributed by atoms with Gasteiger partial charge >= 0.3 is 0 Å². The molecule has 108 valence electrons. The molecule has 1 aromatic heterocycles. The summed E-state index contributed by atoms with van der Waals surface area (Å²) in [6.45, 7) is 4.71. The molecule has 2 rings (SSSR count). The Hall–Kier alpha value is -1.81. The van der Waals surface area contributed by atoms with Gasteiger partial charge in [-0.3, -0.25) is 0 Å². The Morgan fingerprint density at radius 3 is 2.70 bits per heavy atom. The second kappa shape index (κ2) is 6.57. The Balaban J connectivity index is 2.46. The highest BCUT2D eigenvalue weighted by Crippen LogP contribution is 2.33. The molecule has 1 unspecified atom stereocenters. The fourth-order valence-corrected chi connectivity index (χ4v) is 2.22. The molecule has 1 heterocycles. The van der Waals surface area contributed by atoms with E-state index in [1.165, 1.54) is 6.07 Å². The molecule has 1 atom stereocenters. The van der Waals surface area contributed by atoms with Crippen LogP contribution in [0.15, 0.2) is 34.7 Å². The molecule has 0 fully saturated rings. The number of nitrogens with one attached hydrogen (secondary N) is 1. The predicted molar refractivity (Wildman–Crippen MR) is 76.5 cm³/mol. The Labute approximate surface area is 118 Å². The van der Waals surface area contributed by atoms with Gasteiger partial charge in [-0.05, 0) is 44.2 Å². The Kier molecular flexibility index (Phi) is 4.79. The monoisotopic (exact) mass is 277 g/mol. The molecule has 1 N–H and O–H groups in total. The van der Waals surface area contributed by atoms with E-state index in [9.17, 15) is 4.39 Å². The Morgan fingerprint density at radius 1 is 1.30 bits per heavy atom. The van der Waals surface area contributed by atoms with Gasteiger partial charge in [-0.2, -0.15) is 0 Å². The van der Waals surface area contributed by atoms with E-state index >= 15 is 0 Å². The molecule has 0 spiro atoms. The summed E-state index contributed by atoms with van der Waals surface area (Å²) < 4.78 is 25.2. The maximum atomic E-state index is 14.2. The highest BCUT2D eigenvalue weighted by atomic mass is 19.1. The molecule has 0 amide bonds. The molecule has 0 saturated carbocycles. The van der Waals surface area contributed by atoms with Crippen LogP contribution in [0, 0.1) is 12.7 Å². The van der Waals surface area contributed by atoms with Crippen molar-refractivity contribution in [1.82, 2.24) is 5.32 Å². The first kappa shape index (κ1) is 14.6. The van der Waals surface area contributed by atoms with Crippen LogP contribution >= 0.6 is 0 Å². The van der Waals surface area contributed by atoms with Crippen molar-refractivity contribution in [2.24, 2.45) is 0 Å². The summed E-state index contributed by atoms with van der Waals surface area (Å²) in [4.78, 5) is 0. The molecule has 0 bridgehead atoms. The van der Waals surface area contributed by atoms with E-state index in [1.54, 1.807) is 19.2 Å². The minimum Gasteiger partial charge on any atom is -0.496 e. The summed E-state index contributed by atoms with van der Waals surface area (Å²) in [5.74, 6) is 1.72. The van der Waals surface area contributed by atoms with Crippen molar-refractivity contribution in [3.05, 3.63) is 53.2 Å². The van der Waals surface area contributed by atoms with Gasteiger partial charge in [-0.25, -0.2) is 4.39 Å². The number of aryl methyl sites for hydroxylation is 1. The van der Waals surface area contributed by atoms with Crippen molar-refractivity contribution in [3.63, 3.8) is 0 Å². The van der Waals surface area contributed by atoms with Gasteiger partial charge in [0.15, 0.2) is 0 Å². The smallest absolute Gasteiger partial charge is 0.132 e. The van der Waals surface area contributed by atoms with E-state index in [1.807, 2.05) is 19.1 Å². The lowest BCUT2D eigenvalue weighted by molar-refractivity contribution is 0.379. The van der Waals surface area contributed by atoms with Gasteiger partial charge in [0, 0.05) is 0 Å². The van der Waals surface area contributed by atoms with Crippen LogP contribution in [0.2, 0.25) is 0 Å².